The third kappa shape index (κ3) is 4.23. The number of nitrogens with zero attached hydrogens (tertiary/aromatic N) is 3. The largest absolute Gasteiger partial charge is 0.318 e. The first-order valence-electron chi connectivity index (χ1n) is 8.06. The average molecular weight is 395 g/mol. The molecule has 3 rings (SSSR count). The Morgan fingerprint density at radius 2 is 1.83 bits per heavy atom. The highest BCUT2D eigenvalue weighted by atomic mass is 32.2. The van der Waals surface area contributed by atoms with Gasteiger partial charge in [0.05, 0.1) is 29.1 Å². The van der Waals surface area contributed by atoms with Gasteiger partial charge in [-0.15, -0.1) is 10.2 Å². The number of aromatic nitrogens is 3. The van der Waals surface area contributed by atoms with Gasteiger partial charge in [0.15, 0.2) is 25.5 Å². The first-order chi connectivity index (χ1) is 11.3. The van der Waals surface area contributed by atoms with E-state index in [1.54, 1.807) is 4.68 Å². The zero-order chi connectivity index (χ0) is 17.4. The van der Waals surface area contributed by atoms with E-state index in [9.17, 15) is 16.8 Å². The van der Waals surface area contributed by atoms with Crippen LogP contribution in [0.15, 0.2) is 5.16 Å². The summed E-state index contributed by atoms with van der Waals surface area (Å²) in [5.41, 5.74) is 3.24. The zero-order valence-electron chi connectivity index (χ0n) is 13.5. The van der Waals surface area contributed by atoms with Crippen molar-refractivity contribution in [2.45, 2.75) is 49.1 Å². The van der Waals surface area contributed by atoms with Crippen LogP contribution >= 0.6 is 11.8 Å². The summed E-state index contributed by atoms with van der Waals surface area (Å²) < 4.78 is 48.4. The lowest BCUT2D eigenvalue weighted by Gasteiger charge is -2.18. The number of sulfone groups is 2. The fourth-order valence-electron chi connectivity index (χ4n) is 2.97. The lowest BCUT2D eigenvalue weighted by molar-refractivity contribution is 0.597. The van der Waals surface area contributed by atoms with Crippen molar-refractivity contribution in [1.29, 1.82) is 0 Å². The number of aryl methyl sites for hydroxylation is 1. The molecule has 2 unspecified atom stereocenters. The van der Waals surface area contributed by atoms with Crippen molar-refractivity contribution in [1.82, 2.24) is 14.9 Å². The molecule has 2 aliphatic rings. The molecule has 2 fully saturated rings. The van der Waals surface area contributed by atoms with E-state index in [2.05, 4.69) is 15.6 Å². The van der Waals surface area contributed by atoms with Crippen LogP contribution < -0.4 is 5.43 Å². The monoisotopic (exact) mass is 394 g/mol. The first-order valence-corrected chi connectivity index (χ1v) is 12.6. The Kier molecular flexibility index (Phi) is 5.12. The van der Waals surface area contributed by atoms with Crippen LogP contribution in [-0.2, 0) is 26.1 Å². The molecule has 0 aromatic carbocycles. The molecule has 2 saturated heterocycles. The summed E-state index contributed by atoms with van der Waals surface area (Å²) in [6.07, 6.45) is 2.79. The van der Waals surface area contributed by atoms with E-state index in [0.29, 0.717) is 18.0 Å². The maximum Gasteiger partial charge on any atom is 0.210 e. The number of hydrogen-bond donors (Lipinski definition) is 1. The minimum atomic E-state index is -2.98. The molecule has 2 aliphatic heterocycles. The molecule has 0 spiro atoms. The van der Waals surface area contributed by atoms with Crippen LogP contribution in [0.25, 0.3) is 0 Å². The summed E-state index contributed by atoms with van der Waals surface area (Å²) >= 11 is 1.41. The van der Waals surface area contributed by atoms with Crippen molar-refractivity contribution in [3.05, 3.63) is 5.82 Å². The molecule has 136 valence electrons. The molecule has 0 aliphatic carbocycles. The van der Waals surface area contributed by atoms with Gasteiger partial charge in [0, 0.05) is 11.7 Å². The van der Waals surface area contributed by atoms with Crippen molar-refractivity contribution in [3.63, 3.8) is 0 Å². The van der Waals surface area contributed by atoms with Crippen LogP contribution in [0.5, 0.6) is 0 Å². The Balaban J connectivity index is 1.77. The normalized spacial score (nSPS) is 28.2. The Morgan fingerprint density at radius 1 is 1.12 bits per heavy atom. The second kappa shape index (κ2) is 6.83. The van der Waals surface area contributed by atoms with Crippen molar-refractivity contribution in [2.24, 2.45) is 0 Å². The lowest BCUT2D eigenvalue weighted by atomic mass is 10.3. The van der Waals surface area contributed by atoms with Crippen LogP contribution in [0, 0.1) is 0 Å². The van der Waals surface area contributed by atoms with Crippen molar-refractivity contribution in [3.8, 4) is 0 Å². The quantitative estimate of drug-likeness (QED) is 0.730. The van der Waals surface area contributed by atoms with Gasteiger partial charge in [0.25, 0.3) is 0 Å². The van der Waals surface area contributed by atoms with E-state index in [0.717, 1.165) is 18.7 Å². The fourth-order valence-corrected chi connectivity index (χ4v) is 8.11. The third-order valence-corrected chi connectivity index (χ3v) is 9.14. The van der Waals surface area contributed by atoms with Gasteiger partial charge in [0.1, 0.15) is 0 Å². The van der Waals surface area contributed by atoms with Gasteiger partial charge < -0.3 is 5.43 Å². The molecule has 24 heavy (non-hydrogen) atoms. The molecule has 3 heterocycles. The summed E-state index contributed by atoms with van der Waals surface area (Å²) in [7, 11) is -5.92. The Labute approximate surface area is 146 Å². The molecule has 0 bridgehead atoms. The lowest BCUT2D eigenvalue weighted by Crippen LogP contribution is -2.31. The molecule has 11 heteroatoms. The Hall–Kier alpha value is -0.810. The van der Waals surface area contributed by atoms with Crippen molar-refractivity contribution in [2.75, 3.05) is 28.4 Å². The van der Waals surface area contributed by atoms with Gasteiger partial charge in [-0.2, -0.15) is 0 Å². The summed E-state index contributed by atoms with van der Waals surface area (Å²) in [6.45, 7) is 2.04. The highest BCUT2D eigenvalue weighted by Gasteiger charge is 2.32. The topological polar surface area (TPSA) is 111 Å². The highest BCUT2D eigenvalue weighted by molar-refractivity contribution is 8.01. The number of hydrogen-bond acceptors (Lipinski definition) is 8. The van der Waals surface area contributed by atoms with Crippen LogP contribution in [0.1, 0.15) is 32.0 Å². The molecular weight excluding hydrogens is 372 g/mol. The maximum absolute atomic E-state index is 11.7. The predicted molar refractivity (Wildman–Crippen MR) is 93.4 cm³/mol. The van der Waals surface area contributed by atoms with Crippen molar-refractivity contribution >= 4 is 31.4 Å². The minimum absolute atomic E-state index is 0.0264. The molecule has 1 aromatic heterocycles. The van der Waals surface area contributed by atoms with E-state index in [1.807, 2.05) is 6.92 Å². The summed E-state index contributed by atoms with van der Waals surface area (Å²) in [5, 5.41) is 8.98. The Bertz CT molecular complexity index is 803. The minimum Gasteiger partial charge on any atom is -0.318 e. The predicted octanol–water partition coefficient (Wildman–Crippen LogP) is 0.240. The molecule has 2 atom stereocenters. The van der Waals surface area contributed by atoms with Gasteiger partial charge in [-0.3, -0.25) is 0 Å². The maximum atomic E-state index is 11.7. The molecule has 0 saturated carbocycles. The SMILES string of the molecule is CCCc1nnc(SC2CCS(=O)(=O)C2)n1NC1CCS(=O)(=O)C1. The van der Waals surface area contributed by atoms with Gasteiger partial charge in [0.2, 0.25) is 5.16 Å². The van der Waals surface area contributed by atoms with E-state index in [-0.39, 0.29) is 34.3 Å². The standard InChI is InChI=1S/C13H22N4O4S3/c1-2-3-12-14-15-13(22-11-5-7-24(20,21)9-11)17(12)16-10-4-6-23(18,19)8-10/h10-11,16H,2-9H2,1H3. The molecule has 0 radical (unpaired) electrons. The van der Waals surface area contributed by atoms with Crippen molar-refractivity contribution < 1.29 is 16.8 Å². The van der Waals surface area contributed by atoms with Crippen LogP contribution in [0.3, 0.4) is 0 Å². The van der Waals surface area contributed by atoms with E-state index < -0.39 is 19.7 Å². The van der Waals surface area contributed by atoms with Crippen LogP contribution in [0.4, 0.5) is 0 Å². The summed E-state index contributed by atoms with van der Waals surface area (Å²) in [6, 6.07) is -0.159. The average Bonchev–Trinajstić information content (AvgIpc) is 3.12. The molecular formula is C13H22N4O4S3. The fraction of sp³-hybridized carbons (Fsp3) is 0.846. The van der Waals surface area contributed by atoms with Gasteiger partial charge in [-0.05, 0) is 19.3 Å². The number of nitrogens with one attached hydrogen (secondary N) is 1. The number of thioether (sulfide) groups is 1. The van der Waals surface area contributed by atoms with Gasteiger partial charge in [-0.1, -0.05) is 18.7 Å². The molecule has 1 N–H and O–H groups in total. The van der Waals surface area contributed by atoms with Crippen LogP contribution in [0.2, 0.25) is 0 Å². The van der Waals surface area contributed by atoms with Gasteiger partial charge >= 0.3 is 0 Å². The van der Waals surface area contributed by atoms with E-state index in [4.69, 9.17) is 0 Å². The van der Waals surface area contributed by atoms with Crippen LogP contribution in [-0.4, -0.2) is 66.0 Å². The summed E-state index contributed by atoms with van der Waals surface area (Å²) in [4.78, 5) is 0. The van der Waals surface area contributed by atoms with E-state index >= 15 is 0 Å². The second-order valence-corrected chi connectivity index (χ2v) is 12.1. The van der Waals surface area contributed by atoms with Gasteiger partial charge in [-0.25, -0.2) is 21.5 Å². The third-order valence-electron chi connectivity index (χ3n) is 4.18. The Morgan fingerprint density at radius 3 is 2.42 bits per heavy atom. The molecule has 8 nitrogen and oxygen atoms in total. The summed E-state index contributed by atoms with van der Waals surface area (Å²) in [5.74, 6) is 1.43. The smallest absolute Gasteiger partial charge is 0.210 e. The molecule has 1 aromatic rings. The zero-order valence-corrected chi connectivity index (χ0v) is 16.0. The number of rotatable bonds is 6. The first kappa shape index (κ1) is 18.0. The van der Waals surface area contributed by atoms with E-state index in [1.165, 1.54) is 11.8 Å². The molecule has 0 amide bonds. The highest BCUT2D eigenvalue weighted by Crippen LogP contribution is 2.30. The second-order valence-electron chi connectivity index (χ2n) is 6.36.